The van der Waals surface area contributed by atoms with Crippen molar-refractivity contribution in [3.63, 3.8) is 0 Å². The van der Waals surface area contributed by atoms with E-state index >= 15 is 0 Å². The molecule has 2 N–H and O–H groups in total. The molecule has 34 heavy (non-hydrogen) atoms. The van der Waals surface area contributed by atoms with Crippen LogP contribution in [-0.4, -0.2) is 24.4 Å². The summed E-state index contributed by atoms with van der Waals surface area (Å²) in [5, 5.41) is 3.66. The molecule has 2 aromatic carbocycles. The molecule has 1 fully saturated rings. The van der Waals surface area contributed by atoms with Crippen molar-refractivity contribution in [2.75, 3.05) is 5.32 Å². The summed E-state index contributed by atoms with van der Waals surface area (Å²) in [5.74, 6) is 0. The second-order valence-electron chi connectivity index (χ2n) is 8.74. The van der Waals surface area contributed by atoms with Crippen molar-refractivity contribution in [2.24, 2.45) is 0 Å². The van der Waals surface area contributed by atoms with Gasteiger partial charge in [0.15, 0.2) is 0 Å². The summed E-state index contributed by atoms with van der Waals surface area (Å²) in [4.78, 5) is 9.58. The first-order valence-electron chi connectivity index (χ1n) is 11.7. The highest BCUT2D eigenvalue weighted by atomic mass is 32.2. The average molecular weight is 473 g/mol. The fourth-order valence-electron chi connectivity index (χ4n) is 4.45. The summed E-state index contributed by atoms with van der Waals surface area (Å²) < 4.78 is 28.5. The lowest BCUT2D eigenvalue weighted by Gasteiger charge is -2.24. The second-order valence-corrected chi connectivity index (χ2v) is 10.5. The number of nitrogens with zero attached hydrogens (tertiary/aromatic N) is 2. The smallest absolute Gasteiger partial charge is 0.240 e. The van der Waals surface area contributed by atoms with Crippen molar-refractivity contribution in [3.8, 4) is 11.3 Å². The van der Waals surface area contributed by atoms with E-state index in [1.807, 2.05) is 54.6 Å². The third-order valence-electron chi connectivity index (χ3n) is 6.30. The zero-order valence-corrected chi connectivity index (χ0v) is 19.8. The lowest BCUT2D eigenvalue weighted by Crippen LogP contribution is -2.23. The van der Waals surface area contributed by atoms with Crippen LogP contribution in [-0.2, 0) is 16.6 Å². The molecular weight excluding hydrogens is 444 g/mol. The molecule has 6 nitrogen and oxygen atoms in total. The van der Waals surface area contributed by atoms with Gasteiger partial charge in [-0.1, -0.05) is 61.7 Å². The molecule has 0 amide bonds. The van der Waals surface area contributed by atoms with Crippen LogP contribution in [0.3, 0.4) is 0 Å². The fraction of sp³-hybridized carbons (Fsp3) is 0.259. The fourth-order valence-corrected chi connectivity index (χ4v) is 5.51. The highest BCUT2D eigenvalue weighted by Gasteiger charge is 2.17. The van der Waals surface area contributed by atoms with E-state index in [2.05, 4.69) is 15.0 Å². The lowest BCUT2D eigenvalue weighted by molar-refractivity contribution is 0.463. The van der Waals surface area contributed by atoms with Crippen LogP contribution in [0.1, 0.15) is 37.7 Å². The highest BCUT2D eigenvalue weighted by Crippen LogP contribution is 2.28. The molecule has 2 aromatic heterocycles. The number of anilines is 1. The highest BCUT2D eigenvalue weighted by molar-refractivity contribution is 7.89. The molecule has 0 atom stereocenters. The van der Waals surface area contributed by atoms with Crippen LogP contribution in [0.2, 0.25) is 0 Å². The zero-order chi connectivity index (χ0) is 23.4. The SMILES string of the molecule is O=S(=O)(NCc1ccccc1)c1cccc(-c2ccc3nccc(NC4CCCCC4)c3n2)c1. The van der Waals surface area contributed by atoms with Crippen LogP contribution in [0.4, 0.5) is 5.69 Å². The normalized spacial score (nSPS) is 14.8. The molecule has 0 spiro atoms. The number of nitrogens with one attached hydrogen (secondary N) is 2. The van der Waals surface area contributed by atoms with Gasteiger partial charge in [0.05, 0.1) is 21.8 Å². The Hall–Kier alpha value is -3.29. The predicted octanol–water partition coefficient (Wildman–Crippen LogP) is 5.52. The molecular formula is C27H28N4O2S. The molecule has 174 valence electrons. The van der Waals surface area contributed by atoms with E-state index < -0.39 is 10.0 Å². The molecule has 1 aliphatic rings. The molecule has 0 aliphatic heterocycles. The minimum atomic E-state index is -3.66. The van der Waals surface area contributed by atoms with E-state index in [4.69, 9.17) is 4.98 Å². The minimum absolute atomic E-state index is 0.217. The Balaban J connectivity index is 1.42. The van der Waals surface area contributed by atoms with Gasteiger partial charge in [0, 0.05) is 24.3 Å². The van der Waals surface area contributed by atoms with Crippen molar-refractivity contribution in [1.29, 1.82) is 0 Å². The largest absolute Gasteiger partial charge is 0.380 e. The van der Waals surface area contributed by atoms with Gasteiger partial charge in [-0.05, 0) is 48.7 Å². The van der Waals surface area contributed by atoms with E-state index in [0.717, 1.165) is 27.8 Å². The summed E-state index contributed by atoms with van der Waals surface area (Å²) in [6.45, 7) is 0.240. The van der Waals surface area contributed by atoms with Crippen LogP contribution >= 0.6 is 0 Å². The lowest BCUT2D eigenvalue weighted by atomic mass is 9.95. The third kappa shape index (κ3) is 5.11. The topological polar surface area (TPSA) is 84.0 Å². The van der Waals surface area contributed by atoms with E-state index in [1.165, 1.54) is 32.1 Å². The molecule has 0 saturated heterocycles. The molecule has 7 heteroatoms. The summed E-state index contributed by atoms with van der Waals surface area (Å²) in [5.41, 5.74) is 4.97. The van der Waals surface area contributed by atoms with Crippen molar-refractivity contribution in [2.45, 2.75) is 49.6 Å². The Morgan fingerprint density at radius 3 is 2.53 bits per heavy atom. The number of hydrogen-bond acceptors (Lipinski definition) is 5. The summed E-state index contributed by atoms with van der Waals surface area (Å²) in [7, 11) is -3.66. The van der Waals surface area contributed by atoms with Gasteiger partial charge >= 0.3 is 0 Å². The Bertz CT molecular complexity index is 1380. The van der Waals surface area contributed by atoms with Crippen LogP contribution in [0.5, 0.6) is 0 Å². The molecule has 0 unspecified atom stereocenters. The summed E-state index contributed by atoms with van der Waals surface area (Å²) in [6, 6.07) is 22.7. The minimum Gasteiger partial charge on any atom is -0.380 e. The number of hydrogen-bond donors (Lipinski definition) is 2. The van der Waals surface area contributed by atoms with Crippen LogP contribution < -0.4 is 10.0 Å². The molecule has 0 bridgehead atoms. The molecule has 1 saturated carbocycles. The summed E-state index contributed by atoms with van der Waals surface area (Å²) >= 11 is 0. The van der Waals surface area contributed by atoms with Crippen molar-refractivity contribution >= 4 is 26.7 Å². The van der Waals surface area contributed by atoms with Crippen LogP contribution in [0.25, 0.3) is 22.3 Å². The van der Waals surface area contributed by atoms with Gasteiger partial charge in [0.1, 0.15) is 5.52 Å². The zero-order valence-electron chi connectivity index (χ0n) is 18.9. The van der Waals surface area contributed by atoms with Crippen LogP contribution in [0.15, 0.2) is 83.9 Å². The Morgan fingerprint density at radius 1 is 0.882 bits per heavy atom. The molecule has 0 radical (unpaired) electrons. The van der Waals surface area contributed by atoms with E-state index in [1.54, 1.807) is 24.4 Å². The van der Waals surface area contributed by atoms with Crippen LogP contribution in [0, 0.1) is 0 Å². The van der Waals surface area contributed by atoms with E-state index in [9.17, 15) is 8.42 Å². The van der Waals surface area contributed by atoms with Crippen molar-refractivity contribution < 1.29 is 8.42 Å². The Labute approximate surface area is 200 Å². The maximum Gasteiger partial charge on any atom is 0.240 e. The van der Waals surface area contributed by atoms with Gasteiger partial charge < -0.3 is 5.32 Å². The number of fused-ring (bicyclic) bond motifs is 1. The number of benzene rings is 2. The maximum absolute atomic E-state index is 12.9. The molecule has 1 aliphatic carbocycles. The predicted molar refractivity (Wildman–Crippen MR) is 136 cm³/mol. The number of rotatable bonds is 7. The average Bonchev–Trinajstić information content (AvgIpc) is 2.89. The second kappa shape index (κ2) is 9.91. The van der Waals surface area contributed by atoms with E-state index in [0.29, 0.717) is 11.7 Å². The first-order valence-corrected chi connectivity index (χ1v) is 13.2. The number of pyridine rings is 2. The van der Waals surface area contributed by atoms with Gasteiger partial charge in [0.2, 0.25) is 10.0 Å². The molecule has 2 heterocycles. The van der Waals surface area contributed by atoms with Gasteiger partial charge in [-0.15, -0.1) is 0 Å². The Kier molecular flexibility index (Phi) is 6.56. The quantitative estimate of drug-likeness (QED) is 0.370. The first-order chi connectivity index (χ1) is 16.6. The Morgan fingerprint density at radius 2 is 1.71 bits per heavy atom. The van der Waals surface area contributed by atoms with Gasteiger partial charge in [-0.3, -0.25) is 4.98 Å². The van der Waals surface area contributed by atoms with E-state index in [-0.39, 0.29) is 11.4 Å². The first kappa shape index (κ1) is 22.5. The van der Waals surface area contributed by atoms with Crippen molar-refractivity contribution in [3.05, 3.63) is 84.6 Å². The standard InChI is InChI=1S/C27H28N4O2S/c32-34(33,29-19-20-8-3-1-4-9-20)23-13-7-10-21(18-23)24-14-15-25-27(31-24)26(16-17-28-25)30-22-11-5-2-6-12-22/h1,3-4,7-10,13-18,22,29H,2,5-6,11-12,19H2,(H,28,30). The van der Waals surface area contributed by atoms with Gasteiger partial charge in [0.25, 0.3) is 0 Å². The summed E-state index contributed by atoms with van der Waals surface area (Å²) in [6.07, 6.45) is 7.94. The number of aromatic nitrogens is 2. The monoisotopic (exact) mass is 472 g/mol. The van der Waals surface area contributed by atoms with Gasteiger partial charge in [-0.25, -0.2) is 18.1 Å². The maximum atomic E-state index is 12.9. The number of sulfonamides is 1. The molecule has 4 aromatic rings. The molecule has 5 rings (SSSR count). The van der Waals surface area contributed by atoms with Gasteiger partial charge in [-0.2, -0.15) is 0 Å². The van der Waals surface area contributed by atoms with Crippen molar-refractivity contribution in [1.82, 2.24) is 14.7 Å². The third-order valence-corrected chi connectivity index (χ3v) is 7.70.